The molecule has 0 spiro atoms. The molecule has 3 heteroatoms. The molecule has 0 radical (unpaired) electrons. The zero-order chi connectivity index (χ0) is 11.2. The number of nitrogens with one attached hydrogen (secondary N) is 1. The lowest BCUT2D eigenvalue weighted by atomic mass is 10.2. The molecular weight excluding hydrogens is 198 g/mol. The highest BCUT2D eigenvalue weighted by Gasteiger charge is 2.00. The van der Waals surface area contributed by atoms with Crippen LogP contribution in [0.2, 0.25) is 0 Å². The minimum absolute atomic E-state index is 0.990. The van der Waals surface area contributed by atoms with Crippen LogP contribution in [0.15, 0.2) is 30.5 Å². The number of fused-ring (bicyclic) bond motifs is 1. The number of para-hydroxylation sites is 1. The SMILES string of the molecule is CCCNCCCn1ncc2ccccc21. The van der Waals surface area contributed by atoms with Gasteiger partial charge in [-0.15, -0.1) is 0 Å². The summed E-state index contributed by atoms with van der Waals surface area (Å²) in [5, 5.41) is 9.03. The fourth-order valence-electron chi connectivity index (χ4n) is 1.86. The summed E-state index contributed by atoms with van der Waals surface area (Å²) in [6.45, 7) is 5.36. The van der Waals surface area contributed by atoms with E-state index < -0.39 is 0 Å². The van der Waals surface area contributed by atoms with E-state index in [2.05, 4.69) is 46.3 Å². The molecule has 3 nitrogen and oxygen atoms in total. The van der Waals surface area contributed by atoms with E-state index in [-0.39, 0.29) is 0 Å². The van der Waals surface area contributed by atoms with Gasteiger partial charge in [-0.05, 0) is 32.0 Å². The molecule has 0 saturated carbocycles. The molecule has 1 N–H and O–H groups in total. The van der Waals surface area contributed by atoms with Gasteiger partial charge in [-0.3, -0.25) is 4.68 Å². The smallest absolute Gasteiger partial charge is 0.0682 e. The third-order valence-electron chi connectivity index (χ3n) is 2.70. The van der Waals surface area contributed by atoms with Gasteiger partial charge in [0.15, 0.2) is 0 Å². The molecule has 0 saturated heterocycles. The van der Waals surface area contributed by atoms with Crippen LogP contribution in [0.4, 0.5) is 0 Å². The Morgan fingerprint density at radius 2 is 2.12 bits per heavy atom. The maximum Gasteiger partial charge on any atom is 0.0682 e. The van der Waals surface area contributed by atoms with E-state index >= 15 is 0 Å². The first-order chi connectivity index (χ1) is 7.92. The van der Waals surface area contributed by atoms with Crippen LogP contribution < -0.4 is 5.32 Å². The lowest BCUT2D eigenvalue weighted by molar-refractivity contribution is 0.554. The van der Waals surface area contributed by atoms with Crippen molar-refractivity contribution in [3.05, 3.63) is 30.5 Å². The van der Waals surface area contributed by atoms with E-state index in [4.69, 9.17) is 0 Å². The Morgan fingerprint density at radius 3 is 3.00 bits per heavy atom. The van der Waals surface area contributed by atoms with Crippen LogP contribution in [-0.2, 0) is 6.54 Å². The summed E-state index contributed by atoms with van der Waals surface area (Å²) < 4.78 is 2.09. The maximum absolute atomic E-state index is 4.40. The standard InChI is InChI=1S/C13H19N3/c1-2-8-14-9-5-10-16-13-7-4-3-6-12(13)11-15-16/h3-4,6-7,11,14H,2,5,8-10H2,1H3. The lowest BCUT2D eigenvalue weighted by Gasteiger charge is -2.04. The highest BCUT2D eigenvalue weighted by atomic mass is 15.3. The third-order valence-corrected chi connectivity index (χ3v) is 2.70. The van der Waals surface area contributed by atoms with Crippen molar-refractivity contribution in [2.24, 2.45) is 0 Å². The fourth-order valence-corrected chi connectivity index (χ4v) is 1.86. The topological polar surface area (TPSA) is 29.9 Å². The van der Waals surface area contributed by atoms with Crippen molar-refractivity contribution in [3.63, 3.8) is 0 Å². The summed E-state index contributed by atoms with van der Waals surface area (Å²) in [7, 11) is 0. The third kappa shape index (κ3) is 2.61. The molecular formula is C13H19N3. The van der Waals surface area contributed by atoms with E-state index in [1.807, 2.05) is 6.20 Å². The van der Waals surface area contributed by atoms with Gasteiger partial charge in [-0.2, -0.15) is 5.10 Å². The minimum atomic E-state index is 0.990. The van der Waals surface area contributed by atoms with Crippen LogP contribution in [0.25, 0.3) is 10.9 Å². The van der Waals surface area contributed by atoms with Gasteiger partial charge in [0.1, 0.15) is 0 Å². The molecule has 1 heterocycles. The Morgan fingerprint density at radius 1 is 1.25 bits per heavy atom. The number of benzene rings is 1. The van der Waals surface area contributed by atoms with Crippen molar-refractivity contribution in [2.75, 3.05) is 13.1 Å². The Balaban J connectivity index is 1.89. The summed E-state index contributed by atoms with van der Waals surface area (Å²) >= 11 is 0. The molecule has 0 atom stereocenters. The van der Waals surface area contributed by atoms with Crippen LogP contribution in [0.1, 0.15) is 19.8 Å². The van der Waals surface area contributed by atoms with Crippen molar-refractivity contribution < 1.29 is 0 Å². The van der Waals surface area contributed by atoms with Gasteiger partial charge >= 0.3 is 0 Å². The van der Waals surface area contributed by atoms with Crippen molar-refractivity contribution in [1.82, 2.24) is 15.1 Å². The Labute approximate surface area is 96.5 Å². The van der Waals surface area contributed by atoms with E-state index in [9.17, 15) is 0 Å². The van der Waals surface area contributed by atoms with Gasteiger partial charge in [0, 0.05) is 11.9 Å². The first kappa shape index (κ1) is 11.1. The molecule has 2 rings (SSSR count). The van der Waals surface area contributed by atoms with Gasteiger partial charge in [0.25, 0.3) is 0 Å². The van der Waals surface area contributed by atoms with Crippen molar-refractivity contribution >= 4 is 10.9 Å². The van der Waals surface area contributed by atoms with Crippen molar-refractivity contribution in [1.29, 1.82) is 0 Å². The highest BCUT2D eigenvalue weighted by molar-refractivity contribution is 5.78. The van der Waals surface area contributed by atoms with Crippen LogP contribution >= 0.6 is 0 Å². The van der Waals surface area contributed by atoms with Crippen LogP contribution in [0, 0.1) is 0 Å². The van der Waals surface area contributed by atoms with E-state index in [0.29, 0.717) is 0 Å². The molecule has 1 aromatic carbocycles. The van der Waals surface area contributed by atoms with Crippen molar-refractivity contribution in [3.8, 4) is 0 Å². The zero-order valence-corrected chi connectivity index (χ0v) is 9.82. The second-order valence-electron chi connectivity index (χ2n) is 4.03. The number of hydrogen-bond acceptors (Lipinski definition) is 2. The van der Waals surface area contributed by atoms with Crippen LogP contribution in [0.3, 0.4) is 0 Å². The summed E-state index contributed by atoms with van der Waals surface area (Å²) in [5.74, 6) is 0. The average Bonchev–Trinajstić information content (AvgIpc) is 2.73. The van der Waals surface area contributed by atoms with Gasteiger partial charge in [0.05, 0.1) is 11.7 Å². The Bertz CT molecular complexity index is 433. The molecule has 0 aliphatic carbocycles. The first-order valence-corrected chi connectivity index (χ1v) is 6.03. The predicted octanol–water partition coefficient (Wildman–Crippen LogP) is 2.43. The van der Waals surface area contributed by atoms with Gasteiger partial charge in [-0.1, -0.05) is 25.1 Å². The summed E-state index contributed by atoms with van der Waals surface area (Å²) in [5.41, 5.74) is 1.23. The minimum Gasteiger partial charge on any atom is -0.317 e. The second kappa shape index (κ2) is 5.66. The molecule has 0 amide bonds. The predicted molar refractivity (Wildman–Crippen MR) is 67.5 cm³/mol. The quantitative estimate of drug-likeness (QED) is 0.753. The number of nitrogens with zero attached hydrogens (tertiary/aromatic N) is 2. The zero-order valence-electron chi connectivity index (χ0n) is 9.82. The molecule has 1 aromatic heterocycles. The monoisotopic (exact) mass is 217 g/mol. The Hall–Kier alpha value is -1.35. The molecule has 16 heavy (non-hydrogen) atoms. The molecule has 0 bridgehead atoms. The van der Waals surface area contributed by atoms with Crippen LogP contribution in [-0.4, -0.2) is 22.9 Å². The first-order valence-electron chi connectivity index (χ1n) is 6.03. The van der Waals surface area contributed by atoms with Gasteiger partial charge in [-0.25, -0.2) is 0 Å². The summed E-state index contributed by atoms with van der Waals surface area (Å²) in [4.78, 5) is 0. The molecule has 0 aliphatic heterocycles. The van der Waals surface area contributed by atoms with Crippen LogP contribution in [0.5, 0.6) is 0 Å². The Kier molecular flexibility index (Phi) is 3.94. The van der Waals surface area contributed by atoms with E-state index in [1.165, 1.54) is 17.3 Å². The molecule has 2 aromatic rings. The van der Waals surface area contributed by atoms with Crippen molar-refractivity contribution in [2.45, 2.75) is 26.3 Å². The van der Waals surface area contributed by atoms with E-state index in [0.717, 1.165) is 26.1 Å². The maximum atomic E-state index is 4.40. The summed E-state index contributed by atoms with van der Waals surface area (Å²) in [6, 6.07) is 8.35. The average molecular weight is 217 g/mol. The lowest BCUT2D eigenvalue weighted by Crippen LogP contribution is -2.17. The van der Waals surface area contributed by atoms with Gasteiger partial charge in [0.2, 0.25) is 0 Å². The fraction of sp³-hybridized carbons (Fsp3) is 0.462. The largest absolute Gasteiger partial charge is 0.317 e. The molecule has 0 aliphatic rings. The second-order valence-corrected chi connectivity index (χ2v) is 4.03. The number of aryl methyl sites for hydroxylation is 1. The number of rotatable bonds is 6. The number of aromatic nitrogens is 2. The molecule has 0 fully saturated rings. The van der Waals surface area contributed by atoms with Gasteiger partial charge < -0.3 is 5.32 Å². The highest BCUT2D eigenvalue weighted by Crippen LogP contribution is 2.12. The number of hydrogen-bond donors (Lipinski definition) is 1. The molecule has 0 unspecified atom stereocenters. The molecule has 86 valence electrons. The van der Waals surface area contributed by atoms with E-state index in [1.54, 1.807) is 0 Å². The summed E-state index contributed by atoms with van der Waals surface area (Å²) in [6.07, 6.45) is 4.27. The normalized spacial score (nSPS) is 11.1.